The summed E-state index contributed by atoms with van der Waals surface area (Å²) in [6, 6.07) is 8.53. The van der Waals surface area contributed by atoms with Crippen LogP contribution in [0, 0.1) is 0 Å². The van der Waals surface area contributed by atoms with E-state index in [1.165, 1.54) is 12.2 Å². The molecular weight excluding hydrogens is 206 g/mol. The number of hydrogen-bond donors (Lipinski definition) is 2. The molecule has 1 aliphatic rings. The SMILES string of the molecule is CC1CC(Nc2ccccc2CO)CS1. The van der Waals surface area contributed by atoms with Crippen molar-refractivity contribution < 1.29 is 5.11 Å². The van der Waals surface area contributed by atoms with Gasteiger partial charge < -0.3 is 10.4 Å². The highest BCUT2D eigenvalue weighted by Crippen LogP contribution is 2.29. The number of aliphatic hydroxyl groups excluding tert-OH is 1. The van der Waals surface area contributed by atoms with Crippen molar-refractivity contribution in [1.82, 2.24) is 0 Å². The number of rotatable bonds is 3. The molecule has 0 amide bonds. The van der Waals surface area contributed by atoms with Gasteiger partial charge in [0.2, 0.25) is 0 Å². The molecule has 1 saturated heterocycles. The number of hydrogen-bond acceptors (Lipinski definition) is 3. The topological polar surface area (TPSA) is 32.3 Å². The molecule has 1 aromatic rings. The molecule has 1 heterocycles. The second-order valence-electron chi connectivity index (χ2n) is 4.04. The predicted octanol–water partition coefficient (Wildman–Crippen LogP) is 2.48. The van der Waals surface area contributed by atoms with E-state index < -0.39 is 0 Å². The second kappa shape index (κ2) is 4.90. The van der Waals surface area contributed by atoms with E-state index in [1.54, 1.807) is 0 Å². The molecule has 0 spiro atoms. The molecule has 0 saturated carbocycles. The molecule has 0 bridgehead atoms. The Hall–Kier alpha value is -0.670. The summed E-state index contributed by atoms with van der Waals surface area (Å²) in [5.41, 5.74) is 2.07. The number of nitrogens with one attached hydrogen (secondary N) is 1. The molecule has 1 aliphatic heterocycles. The highest BCUT2D eigenvalue weighted by atomic mass is 32.2. The van der Waals surface area contributed by atoms with Crippen LogP contribution in [0.3, 0.4) is 0 Å². The lowest BCUT2D eigenvalue weighted by atomic mass is 10.1. The van der Waals surface area contributed by atoms with Gasteiger partial charge in [0, 0.05) is 28.3 Å². The molecule has 0 aromatic heterocycles. The monoisotopic (exact) mass is 223 g/mol. The highest BCUT2D eigenvalue weighted by molar-refractivity contribution is 8.00. The van der Waals surface area contributed by atoms with Crippen LogP contribution in [-0.4, -0.2) is 22.2 Å². The van der Waals surface area contributed by atoms with Gasteiger partial charge in [-0.15, -0.1) is 0 Å². The van der Waals surface area contributed by atoms with Crippen LogP contribution in [0.1, 0.15) is 18.9 Å². The van der Waals surface area contributed by atoms with E-state index in [0.29, 0.717) is 6.04 Å². The first kappa shape index (κ1) is 10.8. The van der Waals surface area contributed by atoms with Crippen LogP contribution >= 0.6 is 11.8 Å². The molecule has 1 aromatic carbocycles. The normalized spacial score (nSPS) is 25.5. The number of anilines is 1. The van der Waals surface area contributed by atoms with Crippen LogP contribution in [0.2, 0.25) is 0 Å². The maximum Gasteiger partial charge on any atom is 0.0701 e. The smallest absolute Gasteiger partial charge is 0.0701 e. The maximum atomic E-state index is 9.20. The van der Waals surface area contributed by atoms with Gasteiger partial charge in [0.15, 0.2) is 0 Å². The van der Waals surface area contributed by atoms with Gasteiger partial charge in [-0.05, 0) is 12.5 Å². The van der Waals surface area contributed by atoms with Crippen LogP contribution in [0.4, 0.5) is 5.69 Å². The molecule has 0 aliphatic carbocycles. The van der Waals surface area contributed by atoms with Crippen molar-refractivity contribution in [1.29, 1.82) is 0 Å². The van der Waals surface area contributed by atoms with Gasteiger partial charge in [-0.25, -0.2) is 0 Å². The predicted molar refractivity (Wildman–Crippen MR) is 66.3 cm³/mol. The third kappa shape index (κ3) is 2.67. The van der Waals surface area contributed by atoms with Gasteiger partial charge in [0.1, 0.15) is 0 Å². The average Bonchev–Trinajstić information content (AvgIpc) is 2.65. The molecule has 2 nitrogen and oxygen atoms in total. The van der Waals surface area contributed by atoms with Crippen LogP contribution in [-0.2, 0) is 6.61 Å². The Balaban J connectivity index is 2.04. The Morgan fingerprint density at radius 2 is 2.27 bits per heavy atom. The van der Waals surface area contributed by atoms with Gasteiger partial charge >= 0.3 is 0 Å². The van der Waals surface area contributed by atoms with Crippen LogP contribution in [0.15, 0.2) is 24.3 Å². The molecule has 15 heavy (non-hydrogen) atoms. The zero-order valence-corrected chi connectivity index (χ0v) is 9.76. The van der Waals surface area contributed by atoms with E-state index in [1.807, 2.05) is 36.0 Å². The highest BCUT2D eigenvalue weighted by Gasteiger charge is 2.21. The minimum Gasteiger partial charge on any atom is -0.392 e. The lowest BCUT2D eigenvalue weighted by Gasteiger charge is -2.15. The molecule has 82 valence electrons. The second-order valence-corrected chi connectivity index (χ2v) is 5.51. The van der Waals surface area contributed by atoms with E-state index in [0.717, 1.165) is 16.5 Å². The van der Waals surface area contributed by atoms with E-state index in [2.05, 4.69) is 12.2 Å². The summed E-state index contributed by atoms with van der Waals surface area (Å²) in [4.78, 5) is 0. The number of para-hydroxylation sites is 1. The van der Waals surface area contributed by atoms with Crippen molar-refractivity contribution in [3.63, 3.8) is 0 Å². The Labute approximate surface area is 95.1 Å². The van der Waals surface area contributed by atoms with Gasteiger partial charge in [-0.2, -0.15) is 11.8 Å². The number of thioether (sulfide) groups is 1. The third-order valence-corrected chi connectivity index (χ3v) is 4.10. The Morgan fingerprint density at radius 3 is 2.93 bits per heavy atom. The average molecular weight is 223 g/mol. The van der Waals surface area contributed by atoms with Crippen LogP contribution < -0.4 is 5.32 Å². The number of benzene rings is 1. The fourth-order valence-corrected chi connectivity index (χ4v) is 3.09. The van der Waals surface area contributed by atoms with Gasteiger partial charge in [0.05, 0.1) is 6.61 Å². The molecule has 2 atom stereocenters. The van der Waals surface area contributed by atoms with Crippen molar-refractivity contribution in [3.05, 3.63) is 29.8 Å². The number of aliphatic hydroxyl groups is 1. The summed E-state index contributed by atoms with van der Waals surface area (Å²) < 4.78 is 0. The largest absolute Gasteiger partial charge is 0.392 e. The Morgan fingerprint density at radius 1 is 1.47 bits per heavy atom. The van der Waals surface area contributed by atoms with Crippen LogP contribution in [0.5, 0.6) is 0 Å². The molecule has 1 fully saturated rings. The van der Waals surface area contributed by atoms with E-state index >= 15 is 0 Å². The Bertz CT molecular complexity index is 329. The molecular formula is C12H17NOS. The van der Waals surface area contributed by atoms with E-state index in [9.17, 15) is 5.11 Å². The van der Waals surface area contributed by atoms with Crippen molar-refractivity contribution in [3.8, 4) is 0 Å². The zero-order valence-electron chi connectivity index (χ0n) is 8.94. The van der Waals surface area contributed by atoms with E-state index in [4.69, 9.17) is 0 Å². The third-order valence-electron chi connectivity index (χ3n) is 2.75. The van der Waals surface area contributed by atoms with Crippen molar-refractivity contribution in [2.45, 2.75) is 31.2 Å². The summed E-state index contributed by atoms with van der Waals surface area (Å²) >= 11 is 2.01. The quantitative estimate of drug-likeness (QED) is 0.825. The van der Waals surface area contributed by atoms with Gasteiger partial charge in [-0.1, -0.05) is 25.1 Å². The first-order valence-corrected chi connectivity index (χ1v) is 6.41. The fourth-order valence-electron chi connectivity index (χ4n) is 1.94. The summed E-state index contributed by atoms with van der Waals surface area (Å²) in [5.74, 6) is 1.17. The minimum absolute atomic E-state index is 0.110. The fraction of sp³-hybridized carbons (Fsp3) is 0.500. The van der Waals surface area contributed by atoms with Crippen molar-refractivity contribution in [2.75, 3.05) is 11.1 Å². The lowest BCUT2D eigenvalue weighted by Crippen LogP contribution is -2.19. The van der Waals surface area contributed by atoms with Crippen molar-refractivity contribution >= 4 is 17.4 Å². The molecule has 3 heteroatoms. The summed E-state index contributed by atoms with van der Waals surface area (Å²) in [6.07, 6.45) is 1.21. The summed E-state index contributed by atoms with van der Waals surface area (Å²) in [5, 5.41) is 13.5. The van der Waals surface area contributed by atoms with Crippen molar-refractivity contribution in [2.24, 2.45) is 0 Å². The van der Waals surface area contributed by atoms with Gasteiger partial charge in [0.25, 0.3) is 0 Å². The van der Waals surface area contributed by atoms with Crippen LogP contribution in [0.25, 0.3) is 0 Å². The zero-order chi connectivity index (χ0) is 10.7. The van der Waals surface area contributed by atoms with Gasteiger partial charge in [-0.3, -0.25) is 0 Å². The Kier molecular flexibility index (Phi) is 3.54. The molecule has 2 rings (SSSR count). The molecule has 2 unspecified atom stereocenters. The summed E-state index contributed by atoms with van der Waals surface area (Å²) in [7, 11) is 0. The maximum absolute atomic E-state index is 9.20. The first-order valence-electron chi connectivity index (χ1n) is 5.36. The standard InChI is InChI=1S/C12H17NOS/c1-9-6-11(8-15-9)13-12-5-3-2-4-10(12)7-14/h2-5,9,11,13-14H,6-8H2,1H3. The first-order chi connectivity index (χ1) is 7.29. The lowest BCUT2D eigenvalue weighted by molar-refractivity contribution is 0.282. The van der Waals surface area contributed by atoms with E-state index in [-0.39, 0.29) is 6.61 Å². The molecule has 0 radical (unpaired) electrons. The summed E-state index contributed by atoms with van der Waals surface area (Å²) in [6.45, 7) is 2.38. The molecule has 2 N–H and O–H groups in total. The minimum atomic E-state index is 0.110.